The summed E-state index contributed by atoms with van der Waals surface area (Å²) in [5.41, 5.74) is 1.08. The predicted octanol–water partition coefficient (Wildman–Crippen LogP) is 0.310. The summed E-state index contributed by atoms with van der Waals surface area (Å²) in [6.07, 6.45) is 2.01. The highest BCUT2D eigenvalue weighted by Gasteiger charge is 2.14. The lowest BCUT2D eigenvalue weighted by Crippen LogP contribution is -2.23. The van der Waals surface area contributed by atoms with Gasteiger partial charge in [0.2, 0.25) is 16.4 Å². The lowest BCUT2D eigenvalue weighted by Gasteiger charge is -2.06. The van der Waals surface area contributed by atoms with Crippen molar-refractivity contribution in [1.82, 2.24) is 20.2 Å². The molecule has 0 unspecified atom stereocenters. The molecule has 2 N–H and O–H groups in total. The molecule has 7 nitrogen and oxygen atoms in total. The number of nitrogens with zero attached hydrogens (tertiary/aromatic N) is 2. The van der Waals surface area contributed by atoms with Crippen LogP contribution < -0.4 is 10.0 Å². The third-order valence-electron chi connectivity index (χ3n) is 2.72. The van der Waals surface area contributed by atoms with Gasteiger partial charge in [-0.2, -0.15) is 4.98 Å². The standard InChI is InChI=1S/C12H16N4O3S/c1-13-7-6-10-2-4-11(5-3-10)20(17,18)15-8-12-14-9-19-16-12/h2-5,9,13,15H,6-8H2,1H3. The van der Waals surface area contributed by atoms with Crippen molar-refractivity contribution >= 4 is 10.0 Å². The van der Waals surface area contributed by atoms with Crippen molar-refractivity contribution < 1.29 is 12.9 Å². The number of nitrogens with one attached hydrogen (secondary N) is 2. The molecule has 0 radical (unpaired) electrons. The highest BCUT2D eigenvalue weighted by Crippen LogP contribution is 2.11. The smallest absolute Gasteiger partial charge is 0.240 e. The molecule has 0 saturated heterocycles. The van der Waals surface area contributed by atoms with Crippen molar-refractivity contribution in [3.05, 3.63) is 42.0 Å². The molecule has 20 heavy (non-hydrogen) atoms. The summed E-state index contributed by atoms with van der Waals surface area (Å²) in [5.74, 6) is 0.291. The summed E-state index contributed by atoms with van der Waals surface area (Å²) >= 11 is 0. The van der Waals surface area contributed by atoms with Gasteiger partial charge < -0.3 is 9.84 Å². The van der Waals surface area contributed by atoms with Gasteiger partial charge in [-0.05, 0) is 37.7 Å². The minimum atomic E-state index is -3.56. The molecular weight excluding hydrogens is 280 g/mol. The maximum Gasteiger partial charge on any atom is 0.240 e. The summed E-state index contributed by atoms with van der Waals surface area (Å²) in [6.45, 7) is 0.850. The van der Waals surface area contributed by atoms with Crippen molar-refractivity contribution in [2.24, 2.45) is 0 Å². The molecule has 0 saturated carbocycles. The Morgan fingerprint density at radius 1 is 1.25 bits per heavy atom. The van der Waals surface area contributed by atoms with Crippen LogP contribution in [0.4, 0.5) is 0 Å². The van der Waals surface area contributed by atoms with Gasteiger partial charge in [-0.3, -0.25) is 0 Å². The van der Waals surface area contributed by atoms with Gasteiger partial charge in [0.15, 0.2) is 5.82 Å². The van der Waals surface area contributed by atoms with E-state index in [9.17, 15) is 8.42 Å². The van der Waals surface area contributed by atoms with Gasteiger partial charge in [-0.25, -0.2) is 13.1 Å². The fraction of sp³-hybridized carbons (Fsp3) is 0.333. The number of likely N-dealkylation sites (N-methyl/N-ethyl adjacent to an activating group) is 1. The highest BCUT2D eigenvalue weighted by molar-refractivity contribution is 7.89. The van der Waals surface area contributed by atoms with Gasteiger partial charge in [0.05, 0.1) is 11.4 Å². The van der Waals surface area contributed by atoms with Gasteiger partial charge in [0.1, 0.15) is 0 Å². The molecule has 0 amide bonds. The second kappa shape index (κ2) is 6.60. The van der Waals surface area contributed by atoms with Crippen LogP contribution in [0.15, 0.2) is 40.1 Å². The van der Waals surface area contributed by atoms with Gasteiger partial charge in [0, 0.05) is 0 Å². The Morgan fingerprint density at radius 3 is 2.60 bits per heavy atom. The molecule has 108 valence electrons. The second-order valence-electron chi connectivity index (χ2n) is 4.17. The minimum absolute atomic E-state index is 0.000337. The highest BCUT2D eigenvalue weighted by atomic mass is 32.2. The molecule has 0 aliphatic heterocycles. The fourth-order valence-corrected chi connectivity index (χ4v) is 2.60. The first-order chi connectivity index (χ1) is 9.62. The molecule has 1 aromatic heterocycles. The van der Waals surface area contributed by atoms with E-state index in [2.05, 4.69) is 24.7 Å². The number of hydrogen-bond acceptors (Lipinski definition) is 6. The van der Waals surface area contributed by atoms with Gasteiger partial charge >= 0.3 is 0 Å². The van der Waals surface area contributed by atoms with E-state index in [4.69, 9.17) is 0 Å². The van der Waals surface area contributed by atoms with Gasteiger partial charge in [-0.1, -0.05) is 17.3 Å². The summed E-state index contributed by atoms with van der Waals surface area (Å²) in [5, 5.41) is 6.58. The summed E-state index contributed by atoms with van der Waals surface area (Å²) < 4.78 is 31.0. The van der Waals surface area contributed by atoms with Crippen LogP contribution in [0.5, 0.6) is 0 Å². The lowest BCUT2D eigenvalue weighted by atomic mass is 10.1. The molecule has 0 fully saturated rings. The fourth-order valence-electron chi connectivity index (χ4n) is 1.62. The molecule has 0 aliphatic rings. The average molecular weight is 296 g/mol. The van der Waals surface area contributed by atoms with Gasteiger partial charge in [0.25, 0.3) is 0 Å². The average Bonchev–Trinajstić information content (AvgIpc) is 2.97. The third-order valence-corrected chi connectivity index (χ3v) is 4.14. The Bertz CT molecular complexity index is 623. The van der Waals surface area contributed by atoms with E-state index >= 15 is 0 Å². The molecule has 1 heterocycles. The molecule has 2 rings (SSSR count). The van der Waals surface area contributed by atoms with Crippen molar-refractivity contribution in [1.29, 1.82) is 0 Å². The predicted molar refractivity (Wildman–Crippen MR) is 72.4 cm³/mol. The number of aromatic nitrogens is 2. The molecule has 0 bridgehead atoms. The largest absolute Gasteiger partial charge is 0.343 e. The van der Waals surface area contributed by atoms with Crippen LogP contribution in [-0.4, -0.2) is 32.2 Å². The number of benzene rings is 1. The van der Waals surface area contributed by atoms with Crippen LogP contribution in [0.25, 0.3) is 0 Å². The molecule has 1 aromatic carbocycles. The minimum Gasteiger partial charge on any atom is -0.343 e. The van der Waals surface area contributed by atoms with E-state index in [0.717, 1.165) is 24.9 Å². The van der Waals surface area contributed by atoms with Crippen LogP contribution in [0.3, 0.4) is 0 Å². The molecule has 0 atom stereocenters. The number of rotatable bonds is 7. The van der Waals surface area contributed by atoms with E-state index in [1.54, 1.807) is 24.3 Å². The van der Waals surface area contributed by atoms with Crippen LogP contribution in [0.1, 0.15) is 11.4 Å². The lowest BCUT2D eigenvalue weighted by molar-refractivity contribution is 0.409. The van der Waals surface area contributed by atoms with E-state index in [-0.39, 0.29) is 11.4 Å². The normalized spacial score (nSPS) is 11.7. The number of hydrogen-bond donors (Lipinski definition) is 2. The van der Waals surface area contributed by atoms with Crippen molar-refractivity contribution in [2.45, 2.75) is 17.9 Å². The Balaban J connectivity index is 2.01. The zero-order valence-electron chi connectivity index (χ0n) is 11.0. The van der Waals surface area contributed by atoms with Crippen LogP contribution >= 0.6 is 0 Å². The van der Waals surface area contributed by atoms with E-state index in [1.165, 1.54) is 0 Å². The maximum atomic E-state index is 12.0. The first kappa shape index (κ1) is 14.6. The van der Waals surface area contributed by atoms with Crippen molar-refractivity contribution in [2.75, 3.05) is 13.6 Å². The maximum absolute atomic E-state index is 12.0. The van der Waals surface area contributed by atoms with E-state index in [0.29, 0.717) is 5.82 Å². The molecule has 0 aliphatic carbocycles. The molecular formula is C12H16N4O3S. The SMILES string of the molecule is CNCCc1ccc(S(=O)(=O)NCc2ncon2)cc1. The van der Waals surface area contributed by atoms with Crippen LogP contribution in [0.2, 0.25) is 0 Å². The molecule has 0 spiro atoms. The Labute approximate surface area is 117 Å². The monoisotopic (exact) mass is 296 g/mol. The summed E-state index contributed by atoms with van der Waals surface area (Å²) in [6, 6.07) is 6.79. The van der Waals surface area contributed by atoms with Gasteiger partial charge in [-0.15, -0.1) is 0 Å². The third kappa shape index (κ3) is 3.86. The molecule has 8 heteroatoms. The summed E-state index contributed by atoms with van der Waals surface area (Å²) in [4.78, 5) is 3.97. The molecule has 2 aromatic rings. The number of sulfonamides is 1. The Morgan fingerprint density at radius 2 is 2.00 bits per heavy atom. The second-order valence-corrected chi connectivity index (χ2v) is 5.94. The Hall–Kier alpha value is -1.77. The van der Waals surface area contributed by atoms with Crippen molar-refractivity contribution in [3.63, 3.8) is 0 Å². The Kier molecular flexibility index (Phi) is 4.83. The van der Waals surface area contributed by atoms with E-state index in [1.807, 2.05) is 7.05 Å². The van der Waals surface area contributed by atoms with Crippen molar-refractivity contribution in [3.8, 4) is 0 Å². The topological polar surface area (TPSA) is 97.1 Å². The van der Waals surface area contributed by atoms with Crippen LogP contribution in [-0.2, 0) is 23.0 Å². The zero-order valence-corrected chi connectivity index (χ0v) is 11.9. The first-order valence-electron chi connectivity index (χ1n) is 6.10. The van der Waals surface area contributed by atoms with Crippen LogP contribution in [0, 0.1) is 0 Å². The zero-order chi connectivity index (χ0) is 14.4. The first-order valence-corrected chi connectivity index (χ1v) is 7.58. The summed E-state index contributed by atoms with van der Waals surface area (Å²) in [7, 11) is -1.69. The van der Waals surface area contributed by atoms with E-state index < -0.39 is 10.0 Å². The quantitative estimate of drug-likeness (QED) is 0.763.